The third-order valence-corrected chi connectivity index (χ3v) is 34.4. The molecule has 1 atom stereocenters. The van der Waals surface area contributed by atoms with Crippen LogP contribution in [0.5, 0.6) is 0 Å². The highest BCUT2D eigenvalue weighted by Crippen LogP contribution is 2.61. The van der Waals surface area contributed by atoms with Gasteiger partial charge in [-0.05, 0) is 45.4 Å². The maximum atomic E-state index is 2.65. The summed E-state index contributed by atoms with van der Waals surface area (Å²) in [4.78, 5) is 0. The van der Waals surface area contributed by atoms with Gasteiger partial charge in [0.05, 0.1) is 23.9 Å². The Morgan fingerprint density at radius 1 is 0.606 bits per heavy atom. The molecule has 0 aliphatic carbocycles. The van der Waals surface area contributed by atoms with Gasteiger partial charge >= 0.3 is 0 Å². The van der Waals surface area contributed by atoms with Crippen LogP contribution in [0.1, 0.15) is 79.0 Å². The van der Waals surface area contributed by atoms with E-state index in [2.05, 4.69) is 133 Å². The first-order valence-electron chi connectivity index (χ1n) is 12.8. The van der Waals surface area contributed by atoms with Crippen molar-refractivity contribution in [1.82, 2.24) is 0 Å². The second-order valence-corrected chi connectivity index (χ2v) is 41.8. The van der Waals surface area contributed by atoms with Crippen molar-refractivity contribution in [3.63, 3.8) is 0 Å². The zero-order valence-electron chi connectivity index (χ0n) is 25.5. The summed E-state index contributed by atoms with van der Waals surface area (Å²) in [6.07, 6.45) is 0. The molecule has 1 aromatic rings. The van der Waals surface area contributed by atoms with Crippen LogP contribution >= 0.6 is 15.1 Å². The molecule has 5 heteroatoms. The molecule has 0 fully saturated rings. The van der Waals surface area contributed by atoms with Crippen LogP contribution in [-0.2, 0) is 16.2 Å². The molecule has 33 heavy (non-hydrogen) atoms. The highest BCUT2D eigenvalue weighted by molar-refractivity contribution is 8.41. The summed E-state index contributed by atoms with van der Waals surface area (Å²) in [5, 5.41) is 1.77. The number of hydrogen-bond donors (Lipinski definition) is 0. The zero-order chi connectivity index (χ0) is 26.6. The summed E-state index contributed by atoms with van der Waals surface area (Å²) in [7, 11) is -2.69. The van der Waals surface area contributed by atoms with Crippen LogP contribution in [-0.4, -0.2) is 28.4 Å². The van der Waals surface area contributed by atoms with Crippen molar-refractivity contribution in [3.8, 4) is 0 Å². The lowest BCUT2D eigenvalue weighted by Crippen LogP contribution is -2.48. The van der Waals surface area contributed by atoms with Gasteiger partial charge in [0.2, 0.25) is 0 Å². The first-order chi connectivity index (χ1) is 14.2. The Morgan fingerprint density at radius 3 is 1.15 bits per heavy atom. The second kappa shape index (κ2) is 9.74. The lowest BCUT2D eigenvalue weighted by Gasteiger charge is -2.41. The van der Waals surface area contributed by atoms with E-state index in [1.165, 1.54) is 5.56 Å². The van der Waals surface area contributed by atoms with Gasteiger partial charge in [-0.3, -0.25) is 0 Å². The van der Waals surface area contributed by atoms with E-state index in [9.17, 15) is 0 Å². The van der Waals surface area contributed by atoms with Gasteiger partial charge in [0.1, 0.15) is 0 Å². The van der Waals surface area contributed by atoms with Gasteiger partial charge < -0.3 is 0 Å². The number of benzene rings is 1. The van der Waals surface area contributed by atoms with Crippen LogP contribution in [0, 0.1) is 0 Å². The van der Waals surface area contributed by atoms with E-state index in [0.29, 0.717) is 0 Å². The molecule has 0 spiro atoms. The molecular formula is C28H56P2Si3. The normalized spacial score (nSPS) is 15.7. The van der Waals surface area contributed by atoms with E-state index in [4.69, 9.17) is 0 Å². The molecule has 0 heterocycles. The maximum Gasteiger partial charge on any atom is 0.0877 e. The van der Waals surface area contributed by atoms with Crippen molar-refractivity contribution in [1.29, 1.82) is 0 Å². The molecule has 0 saturated carbocycles. The molecule has 0 N–H and O–H groups in total. The van der Waals surface area contributed by atoms with Crippen LogP contribution in [0.15, 0.2) is 12.1 Å². The lowest BCUT2D eigenvalue weighted by molar-refractivity contribution is 0.554. The third-order valence-electron chi connectivity index (χ3n) is 6.06. The Labute approximate surface area is 214 Å². The molecule has 0 radical (unpaired) electrons. The van der Waals surface area contributed by atoms with Crippen molar-refractivity contribution in [2.75, 3.05) is 0 Å². The molecule has 0 aliphatic rings. The average molecular weight is 539 g/mol. The van der Waals surface area contributed by atoms with Crippen LogP contribution in [0.2, 0.25) is 58.9 Å². The van der Waals surface area contributed by atoms with Crippen LogP contribution < -0.4 is 5.30 Å². The summed E-state index contributed by atoms with van der Waals surface area (Å²) in [5.74, 6) is 0. The highest BCUT2D eigenvalue weighted by Gasteiger charge is 2.40. The quantitative estimate of drug-likeness (QED) is 0.258. The summed E-state index contributed by atoms with van der Waals surface area (Å²) in [5.41, 5.74) is 5.21. The van der Waals surface area contributed by atoms with Crippen molar-refractivity contribution >= 4 is 48.8 Å². The minimum absolute atomic E-state index is 0.144. The van der Waals surface area contributed by atoms with E-state index in [0.717, 1.165) is 0 Å². The molecule has 0 aliphatic heterocycles. The smallest absolute Gasteiger partial charge is 0.0851 e. The molecule has 1 rings (SSSR count). The largest absolute Gasteiger partial charge is 0.0877 e. The molecule has 1 unspecified atom stereocenters. The molecule has 0 bridgehead atoms. The van der Waals surface area contributed by atoms with Gasteiger partial charge in [0, 0.05) is 0 Å². The molecular weight excluding hydrogens is 483 g/mol. The van der Waals surface area contributed by atoms with E-state index in [1.807, 2.05) is 4.54 Å². The molecule has 0 saturated heterocycles. The summed E-state index contributed by atoms with van der Waals surface area (Å²) >= 11 is 0. The molecule has 0 aromatic heterocycles. The van der Waals surface area contributed by atoms with Gasteiger partial charge in [-0.1, -0.05) is 146 Å². The van der Waals surface area contributed by atoms with Crippen LogP contribution in [0.25, 0.3) is 0 Å². The Bertz CT molecular complexity index is 822. The maximum absolute atomic E-state index is 2.65. The van der Waals surface area contributed by atoms with E-state index in [1.54, 1.807) is 24.3 Å². The average Bonchev–Trinajstić information content (AvgIpc) is 2.47. The summed E-state index contributed by atoms with van der Waals surface area (Å²) in [6.45, 7) is 45.4. The van der Waals surface area contributed by atoms with Crippen molar-refractivity contribution < 1.29 is 0 Å². The predicted octanol–water partition coefficient (Wildman–Crippen LogP) is 10.3. The molecule has 0 amide bonds. The fraction of sp³-hybridized carbons (Fsp3) is 0.750. The summed E-state index contributed by atoms with van der Waals surface area (Å²) in [6, 6.07) is 5.22. The third kappa shape index (κ3) is 8.24. The van der Waals surface area contributed by atoms with E-state index in [-0.39, 0.29) is 23.4 Å². The first kappa shape index (κ1) is 31.5. The fourth-order valence-corrected chi connectivity index (χ4v) is 36.2. The van der Waals surface area contributed by atoms with Gasteiger partial charge in [-0.15, -0.1) is 0 Å². The van der Waals surface area contributed by atoms with Crippen LogP contribution in [0.3, 0.4) is 0 Å². The Morgan fingerprint density at radius 2 is 0.939 bits per heavy atom. The van der Waals surface area contributed by atoms with Crippen molar-refractivity contribution in [2.24, 2.45) is 0 Å². The standard InChI is InChI=1S/C28H56P2Si3/c1-26(2,3)21-19-22(27(4,5)6)24(23(20-21)28(7,8)9)30(33(16,17)18)29-25(31(10,11)12)32(13,14)15/h19-20H,1-18H3. The first-order valence-corrected chi connectivity index (χ1v) is 27.1. The van der Waals surface area contributed by atoms with Crippen molar-refractivity contribution in [2.45, 2.75) is 137 Å². The topological polar surface area (TPSA) is 0 Å². The van der Waals surface area contributed by atoms with Gasteiger partial charge in [-0.25, -0.2) is 0 Å². The Balaban J connectivity index is 4.34. The minimum atomic E-state index is -1.46. The van der Waals surface area contributed by atoms with Gasteiger partial charge in [0.15, 0.2) is 0 Å². The van der Waals surface area contributed by atoms with E-state index < -0.39 is 23.9 Å². The Kier molecular flexibility index (Phi) is 9.29. The summed E-state index contributed by atoms with van der Waals surface area (Å²) < 4.78 is 1.99. The number of hydrogen-bond acceptors (Lipinski definition) is 0. The number of rotatable bonds is 5. The lowest BCUT2D eigenvalue weighted by atomic mass is 9.75. The predicted molar refractivity (Wildman–Crippen MR) is 171 cm³/mol. The van der Waals surface area contributed by atoms with Crippen molar-refractivity contribution in [3.05, 3.63) is 28.8 Å². The monoisotopic (exact) mass is 538 g/mol. The van der Waals surface area contributed by atoms with E-state index >= 15 is 0 Å². The van der Waals surface area contributed by atoms with Gasteiger partial charge in [-0.2, -0.15) is 0 Å². The molecule has 190 valence electrons. The highest BCUT2D eigenvalue weighted by atomic mass is 32.1. The molecule has 1 aromatic carbocycles. The van der Waals surface area contributed by atoms with Crippen LogP contribution in [0.4, 0.5) is 0 Å². The SMILES string of the molecule is CC(C)(C)c1cc(C(C)(C)C)c(P(P=C([Si](C)(C)C)[Si](C)(C)C)[Si](C)(C)C)c(C(C)(C)C)c1. The minimum Gasteiger partial charge on any atom is -0.0851 e. The van der Waals surface area contributed by atoms with Gasteiger partial charge in [0.25, 0.3) is 0 Å². The second-order valence-electron chi connectivity index (χ2n) is 16.1. The fourth-order valence-electron chi connectivity index (χ4n) is 4.50. The zero-order valence-corrected chi connectivity index (χ0v) is 30.3. The molecule has 0 nitrogen and oxygen atoms in total. The Hall–Kier alpha value is 0.471.